The highest BCUT2D eigenvalue weighted by Crippen LogP contribution is 2.42. The lowest BCUT2D eigenvalue weighted by Crippen LogP contribution is -1.88. The maximum atomic E-state index is 8.81. The van der Waals surface area contributed by atoms with Gasteiger partial charge in [0.1, 0.15) is 0 Å². The van der Waals surface area contributed by atoms with Crippen LogP contribution in [0.3, 0.4) is 0 Å². The van der Waals surface area contributed by atoms with Gasteiger partial charge in [0, 0.05) is 39.5 Å². The SMILES string of the molecule is [2H]c1ccc2c3cccc([2H])c3n3c4cccc5c4c4c(cccc4n5C)c1c23. The van der Waals surface area contributed by atoms with Gasteiger partial charge in [-0.1, -0.05) is 54.6 Å². The molecule has 7 aromatic rings. The van der Waals surface area contributed by atoms with E-state index in [-0.39, 0.29) is 0 Å². The van der Waals surface area contributed by atoms with Crippen molar-refractivity contribution in [2.75, 3.05) is 0 Å². The fraction of sp³-hybridized carbons (Fsp3) is 0.0400. The zero-order valence-corrected chi connectivity index (χ0v) is 14.7. The van der Waals surface area contributed by atoms with Crippen molar-refractivity contribution in [2.24, 2.45) is 7.05 Å². The Hall–Kier alpha value is -3.52. The van der Waals surface area contributed by atoms with Crippen molar-refractivity contribution in [3.63, 3.8) is 0 Å². The average molecular weight is 346 g/mol. The van der Waals surface area contributed by atoms with Crippen LogP contribution < -0.4 is 0 Å². The maximum Gasteiger partial charge on any atom is 0.0645 e. The molecular weight excluding hydrogens is 328 g/mol. The second-order valence-corrected chi connectivity index (χ2v) is 7.31. The van der Waals surface area contributed by atoms with Crippen molar-refractivity contribution in [1.82, 2.24) is 8.97 Å². The van der Waals surface area contributed by atoms with Gasteiger partial charge in [-0.3, -0.25) is 0 Å². The summed E-state index contributed by atoms with van der Waals surface area (Å²) in [6.45, 7) is 0. The highest BCUT2D eigenvalue weighted by atomic mass is 15.0. The fourth-order valence-corrected chi connectivity index (χ4v) is 5.00. The fourth-order valence-electron chi connectivity index (χ4n) is 5.00. The lowest BCUT2D eigenvalue weighted by molar-refractivity contribution is 1.01. The van der Waals surface area contributed by atoms with Crippen LogP contribution in [0.15, 0.2) is 78.8 Å². The van der Waals surface area contributed by atoms with Gasteiger partial charge in [-0.2, -0.15) is 0 Å². The number of hydrogen-bond acceptors (Lipinski definition) is 0. The topological polar surface area (TPSA) is 9.34 Å². The standard InChI is InChI=1S/C25H16N2/c1-26-20-12-5-8-16-18-10-4-9-17-15-7-2-3-11-19(15)27(25(17)18)22-14-6-13-21(26)24(22)23(16)20/h2-14H,1H3/i10D,11D. The van der Waals surface area contributed by atoms with Crippen molar-refractivity contribution in [3.05, 3.63) is 78.8 Å². The first-order valence-corrected chi connectivity index (χ1v) is 9.21. The van der Waals surface area contributed by atoms with Gasteiger partial charge in [-0.25, -0.2) is 0 Å². The molecule has 0 saturated carbocycles. The molecule has 0 unspecified atom stereocenters. The number of fused-ring (bicyclic) bond motifs is 5. The van der Waals surface area contributed by atoms with E-state index in [1.807, 2.05) is 24.3 Å². The van der Waals surface area contributed by atoms with Crippen LogP contribution in [0.4, 0.5) is 0 Å². The first-order valence-electron chi connectivity index (χ1n) is 10.2. The molecule has 0 aliphatic rings. The van der Waals surface area contributed by atoms with E-state index in [0.717, 1.165) is 38.1 Å². The number of hydrogen-bond donors (Lipinski definition) is 0. The lowest BCUT2D eigenvalue weighted by Gasteiger charge is -2.03. The summed E-state index contributed by atoms with van der Waals surface area (Å²) in [7, 11) is 2.10. The van der Waals surface area contributed by atoms with E-state index in [4.69, 9.17) is 2.74 Å². The normalized spacial score (nSPS) is 13.7. The Labute approximate surface area is 158 Å². The van der Waals surface area contributed by atoms with E-state index in [0.29, 0.717) is 12.1 Å². The Morgan fingerprint density at radius 2 is 1.33 bits per heavy atom. The van der Waals surface area contributed by atoms with Crippen LogP contribution in [-0.4, -0.2) is 8.97 Å². The van der Waals surface area contributed by atoms with Gasteiger partial charge in [0.05, 0.1) is 24.8 Å². The van der Waals surface area contributed by atoms with Crippen molar-refractivity contribution in [1.29, 1.82) is 0 Å². The summed E-state index contributed by atoms with van der Waals surface area (Å²) in [6.07, 6.45) is 0. The molecule has 4 aromatic carbocycles. The third-order valence-corrected chi connectivity index (χ3v) is 6.09. The van der Waals surface area contributed by atoms with Crippen LogP contribution in [0.5, 0.6) is 0 Å². The van der Waals surface area contributed by atoms with Gasteiger partial charge in [-0.15, -0.1) is 0 Å². The van der Waals surface area contributed by atoms with Gasteiger partial charge in [0.15, 0.2) is 0 Å². The van der Waals surface area contributed by atoms with Crippen molar-refractivity contribution < 1.29 is 2.74 Å². The second kappa shape index (κ2) is 4.41. The molecule has 2 heteroatoms. The third kappa shape index (κ3) is 1.42. The molecule has 0 aliphatic heterocycles. The smallest absolute Gasteiger partial charge is 0.0645 e. The quantitative estimate of drug-likeness (QED) is 0.297. The molecule has 3 heterocycles. The van der Waals surface area contributed by atoms with Gasteiger partial charge in [0.25, 0.3) is 0 Å². The van der Waals surface area contributed by atoms with Crippen molar-refractivity contribution in [2.45, 2.75) is 0 Å². The molecular formula is C25H16N2. The molecule has 0 amide bonds. The summed E-state index contributed by atoms with van der Waals surface area (Å²) >= 11 is 0. The van der Waals surface area contributed by atoms with Gasteiger partial charge in [0.2, 0.25) is 0 Å². The van der Waals surface area contributed by atoms with Crippen LogP contribution in [0.2, 0.25) is 0 Å². The molecule has 0 N–H and O–H groups in total. The predicted molar refractivity (Wildman–Crippen MR) is 115 cm³/mol. The molecule has 0 spiro atoms. The molecule has 0 radical (unpaired) electrons. The number of para-hydroxylation sites is 2. The number of nitrogens with zero attached hydrogens (tertiary/aromatic N) is 2. The molecule has 0 saturated heterocycles. The van der Waals surface area contributed by atoms with Crippen LogP contribution >= 0.6 is 0 Å². The predicted octanol–water partition coefficient (Wildman–Crippen LogP) is 6.48. The van der Waals surface area contributed by atoms with Gasteiger partial charge < -0.3 is 8.97 Å². The van der Waals surface area contributed by atoms with E-state index < -0.39 is 0 Å². The Kier molecular flexibility index (Phi) is 1.96. The van der Waals surface area contributed by atoms with E-state index in [9.17, 15) is 0 Å². The van der Waals surface area contributed by atoms with Crippen LogP contribution in [-0.2, 0) is 7.05 Å². The molecule has 0 atom stereocenters. The zero-order valence-electron chi connectivity index (χ0n) is 16.7. The Balaban J connectivity index is 2.07. The van der Waals surface area contributed by atoms with Crippen LogP contribution in [0.1, 0.15) is 2.74 Å². The summed E-state index contributed by atoms with van der Waals surface area (Å²) in [6, 6.07) is 23.6. The number of benzene rings is 4. The minimum Gasteiger partial charge on any atom is -0.344 e. The monoisotopic (exact) mass is 346 g/mol. The maximum absolute atomic E-state index is 8.81. The van der Waals surface area contributed by atoms with E-state index in [2.05, 4.69) is 58.5 Å². The van der Waals surface area contributed by atoms with E-state index in [1.54, 1.807) is 0 Å². The van der Waals surface area contributed by atoms with E-state index >= 15 is 0 Å². The summed E-state index contributed by atoms with van der Waals surface area (Å²) in [5.41, 5.74) is 5.37. The summed E-state index contributed by atoms with van der Waals surface area (Å²) < 4.78 is 22.0. The molecule has 0 fully saturated rings. The average Bonchev–Trinajstić information content (AvgIpc) is 3.17. The third-order valence-electron chi connectivity index (χ3n) is 6.09. The highest BCUT2D eigenvalue weighted by molar-refractivity contribution is 6.30. The highest BCUT2D eigenvalue weighted by Gasteiger charge is 2.19. The first kappa shape index (κ1) is 12.0. The minimum absolute atomic E-state index is 0.506. The van der Waals surface area contributed by atoms with Crippen molar-refractivity contribution in [3.8, 4) is 0 Å². The number of aromatic nitrogens is 2. The lowest BCUT2D eigenvalue weighted by atomic mass is 10.0. The molecule has 27 heavy (non-hydrogen) atoms. The molecule has 2 nitrogen and oxygen atoms in total. The van der Waals surface area contributed by atoms with Crippen LogP contribution in [0, 0.1) is 0 Å². The van der Waals surface area contributed by atoms with Gasteiger partial charge >= 0.3 is 0 Å². The molecule has 0 aliphatic carbocycles. The number of rotatable bonds is 0. The molecule has 0 bridgehead atoms. The number of aryl methyl sites for hydroxylation is 1. The summed E-state index contributed by atoms with van der Waals surface area (Å²) in [5, 5.41) is 6.61. The second-order valence-electron chi connectivity index (χ2n) is 7.31. The largest absolute Gasteiger partial charge is 0.344 e. The minimum atomic E-state index is 0.506. The van der Waals surface area contributed by atoms with E-state index in [1.165, 1.54) is 21.8 Å². The van der Waals surface area contributed by atoms with Crippen LogP contribution in [0.25, 0.3) is 59.9 Å². The molecule has 126 valence electrons. The Morgan fingerprint density at radius 1 is 0.593 bits per heavy atom. The van der Waals surface area contributed by atoms with Gasteiger partial charge in [-0.05, 0) is 29.6 Å². The summed E-state index contributed by atoms with van der Waals surface area (Å²) in [4.78, 5) is 0. The molecule has 3 aromatic heterocycles. The zero-order chi connectivity index (χ0) is 19.4. The Morgan fingerprint density at radius 3 is 2.26 bits per heavy atom. The molecule has 7 rings (SSSR count). The Bertz CT molecular complexity index is 1790. The van der Waals surface area contributed by atoms with Crippen molar-refractivity contribution >= 4 is 59.9 Å². The first-order chi connectivity index (χ1) is 14.2. The summed E-state index contributed by atoms with van der Waals surface area (Å²) in [5.74, 6) is 0.